The van der Waals surface area contributed by atoms with Gasteiger partial charge in [-0.3, -0.25) is 9.80 Å². The predicted molar refractivity (Wildman–Crippen MR) is 105 cm³/mol. The Balaban J connectivity index is 1.65. The van der Waals surface area contributed by atoms with E-state index in [-0.39, 0.29) is 6.61 Å². The van der Waals surface area contributed by atoms with E-state index in [1.807, 2.05) is 13.0 Å². The molecule has 0 bridgehead atoms. The number of benzene rings is 1. The highest BCUT2D eigenvalue weighted by Gasteiger charge is 2.31. The summed E-state index contributed by atoms with van der Waals surface area (Å²) in [6.45, 7) is 7.23. The summed E-state index contributed by atoms with van der Waals surface area (Å²) in [5, 5.41) is 9.56. The van der Waals surface area contributed by atoms with Crippen molar-refractivity contribution in [2.45, 2.75) is 44.8 Å². The zero-order valence-electron chi connectivity index (χ0n) is 15.4. The highest BCUT2D eigenvalue weighted by atomic mass is 32.2. The summed E-state index contributed by atoms with van der Waals surface area (Å²) >= 11 is 2.09. The van der Waals surface area contributed by atoms with Crippen LogP contribution in [0.4, 0.5) is 0 Å². The van der Waals surface area contributed by atoms with Gasteiger partial charge in [0.05, 0.1) is 6.61 Å². The molecule has 140 valence electrons. The smallest absolute Gasteiger partial charge is 0.123 e. The lowest BCUT2D eigenvalue weighted by Crippen LogP contribution is -2.56. The number of nitrogens with zero attached hydrogens (tertiary/aromatic N) is 2. The van der Waals surface area contributed by atoms with Crippen molar-refractivity contribution in [3.63, 3.8) is 0 Å². The molecule has 2 aliphatic heterocycles. The van der Waals surface area contributed by atoms with Crippen molar-refractivity contribution in [2.75, 3.05) is 44.4 Å². The molecule has 0 aliphatic carbocycles. The lowest BCUT2D eigenvalue weighted by atomic mass is 10.0. The minimum Gasteiger partial charge on any atom is -0.494 e. The number of thioether (sulfide) groups is 1. The molecule has 1 aromatic rings. The van der Waals surface area contributed by atoms with E-state index >= 15 is 0 Å². The van der Waals surface area contributed by atoms with Crippen molar-refractivity contribution in [3.8, 4) is 5.75 Å². The maximum absolute atomic E-state index is 9.56. The Morgan fingerprint density at radius 3 is 2.76 bits per heavy atom. The third-order valence-corrected chi connectivity index (χ3v) is 6.50. The van der Waals surface area contributed by atoms with Crippen LogP contribution in [-0.2, 0) is 6.54 Å². The molecule has 5 heteroatoms. The van der Waals surface area contributed by atoms with E-state index in [4.69, 9.17) is 4.74 Å². The van der Waals surface area contributed by atoms with Crippen LogP contribution < -0.4 is 4.74 Å². The first kappa shape index (κ1) is 19.0. The van der Waals surface area contributed by atoms with E-state index < -0.39 is 0 Å². The monoisotopic (exact) mass is 364 g/mol. The molecule has 4 nitrogen and oxygen atoms in total. The lowest BCUT2D eigenvalue weighted by molar-refractivity contribution is 0.0288. The van der Waals surface area contributed by atoms with Crippen LogP contribution >= 0.6 is 11.8 Å². The van der Waals surface area contributed by atoms with Gasteiger partial charge in [-0.1, -0.05) is 18.2 Å². The van der Waals surface area contributed by atoms with Crippen molar-refractivity contribution >= 4 is 11.8 Å². The topological polar surface area (TPSA) is 35.9 Å². The highest BCUT2D eigenvalue weighted by molar-refractivity contribution is 7.99. The third kappa shape index (κ3) is 5.13. The minimum atomic E-state index is 0.267. The molecule has 2 saturated heterocycles. The number of rotatable bonds is 7. The van der Waals surface area contributed by atoms with Crippen LogP contribution in [0.3, 0.4) is 0 Å². The SMILES string of the molecule is CCOc1ccccc1CN1CCN(C2CCSCC2)C[C@H]1CCO. The van der Waals surface area contributed by atoms with Gasteiger partial charge in [0.2, 0.25) is 0 Å². The van der Waals surface area contributed by atoms with E-state index in [0.717, 1.165) is 44.4 Å². The van der Waals surface area contributed by atoms with Gasteiger partial charge in [-0.25, -0.2) is 0 Å². The number of ether oxygens (including phenoxy) is 1. The largest absolute Gasteiger partial charge is 0.494 e. The van der Waals surface area contributed by atoms with Crippen LogP contribution in [-0.4, -0.2) is 71.3 Å². The van der Waals surface area contributed by atoms with Gasteiger partial charge >= 0.3 is 0 Å². The third-order valence-electron chi connectivity index (χ3n) is 5.45. The van der Waals surface area contributed by atoms with Crippen molar-refractivity contribution in [1.82, 2.24) is 9.80 Å². The van der Waals surface area contributed by atoms with Crippen molar-refractivity contribution in [1.29, 1.82) is 0 Å². The van der Waals surface area contributed by atoms with Gasteiger partial charge in [-0.15, -0.1) is 0 Å². The molecule has 2 heterocycles. The first-order valence-corrected chi connectivity index (χ1v) is 10.8. The molecule has 25 heavy (non-hydrogen) atoms. The molecule has 1 aromatic carbocycles. The summed E-state index contributed by atoms with van der Waals surface area (Å²) in [5.41, 5.74) is 1.26. The number of hydrogen-bond acceptors (Lipinski definition) is 5. The Kier molecular flexibility index (Phi) is 7.47. The summed E-state index contributed by atoms with van der Waals surface area (Å²) < 4.78 is 5.80. The molecule has 0 spiro atoms. The minimum absolute atomic E-state index is 0.267. The second kappa shape index (κ2) is 9.81. The number of para-hydroxylation sites is 1. The summed E-state index contributed by atoms with van der Waals surface area (Å²) in [7, 11) is 0. The number of aliphatic hydroxyl groups is 1. The molecule has 2 aliphatic rings. The second-order valence-electron chi connectivity index (χ2n) is 7.02. The van der Waals surface area contributed by atoms with Crippen LogP contribution in [0, 0.1) is 0 Å². The molecule has 0 unspecified atom stereocenters. The normalized spacial score (nSPS) is 23.7. The van der Waals surface area contributed by atoms with E-state index in [1.165, 1.54) is 29.9 Å². The maximum Gasteiger partial charge on any atom is 0.123 e. The summed E-state index contributed by atoms with van der Waals surface area (Å²) in [6, 6.07) is 9.55. The lowest BCUT2D eigenvalue weighted by Gasteiger charge is -2.45. The first-order chi connectivity index (χ1) is 12.3. The van der Waals surface area contributed by atoms with Gasteiger partial charge in [0.1, 0.15) is 5.75 Å². The summed E-state index contributed by atoms with van der Waals surface area (Å²) in [6.07, 6.45) is 3.50. The van der Waals surface area contributed by atoms with E-state index in [9.17, 15) is 5.11 Å². The number of hydrogen-bond donors (Lipinski definition) is 1. The molecule has 0 aromatic heterocycles. The first-order valence-electron chi connectivity index (χ1n) is 9.69. The quantitative estimate of drug-likeness (QED) is 0.805. The molecule has 3 rings (SSSR count). The molecular weight excluding hydrogens is 332 g/mol. The van der Waals surface area contributed by atoms with Crippen molar-refractivity contribution in [2.24, 2.45) is 0 Å². The molecule has 0 saturated carbocycles. The summed E-state index contributed by atoms with van der Waals surface area (Å²) in [4.78, 5) is 5.23. The van der Waals surface area contributed by atoms with Gasteiger partial charge in [0.25, 0.3) is 0 Å². The maximum atomic E-state index is 9.56. The molecule has 0 radical (unpaired) electrons. The second-order valence-corrected chi connectivity index (χ2v) is 8.24. The zero-order chi connectivity index (χ0) is 17.5. The van der Waals surface area contributed by atoms with Crippen LogP contribution in [0.5, 0.6) is 5.75 Å². The van der Waals surface area contributed by atoms with E-state index in [0.29, 0.717) is 12.6 Å². The van der Waals surface area contributed by atoms with Crippen LogP contribution in [0.25, 0.3) is 0 Å². The van der Waals surface area contributed by atoms with Crippen molar-refractivity contribution < 1.29 is 9.84 Å². The Morgan fingerprint density at radius 2 is 2.00 bits per heavy atom. The average Bonchev–Trinajstić information content (AvgIpc) is 2.66. The molecule has 1 N–H and O–H groups in total. The molecule has 2 fully saturated rings. The fourth-order valence-electron chi connectivity index (χ4n) is 4.08. The molecular formula is C20H32N2O2S. The Morgan fingerprint density at radius 1 is 1.20 bits per heavy atom. The Bertz CT molecular complexity index is 522. The standard InChI is InChI=1S/C20H32N2O2S/c1-2-24-20-6-4-3-5-17(20)15-21-10-11-22(16-19(21)7-12-23)18-8-13-25-14-9-18/h3-6,18-19,23H,2,7-16H2,1H3/t19-/m1/s1. The van der Waals surface area contributed by atoms with Gasteiger partial charge in [0, 0.05) is 50.4 Å². The van der Waals surface area contributed by atoms with Crippen LogP contribution in [0.15, 0.2) is 24.3 Å². The fraction of sp³-hybridized carbons (Fsp3) is 0.700. The Labute approximate surface area is 156 Å². The highest BCUT2D eigenvalue weighted by Crippen LogP contribution is 2.27. The summed E-state index contributed by atoms with van der Waals surface area (Å²) in [5.74, 6) is 3.61. The number of aliphatic hydroxyl groups excluding tert-OH is 1. The van der Waals surface area contributed by atoms with E-state index in [2.05, 4.69) is 39.8 Å². The van der Waals surface area contributed by atoms with Gasteiger partial charge in [-0.05, 0) is 43.8 Å². The van der Waals surface area contributed by atoms with Crippen molar-refractivity contribution in [3.05, 3.63) is 29.8 Å². The van der Waals surface area contributed by atoms with Gasteiger partial charge in [-0.2, -0.15) is 11.8 Å². The molecule has 1 atom stereocenters. The van der Waals surface area contributed by atoms with Gasteiger partial charge < -0.3 is 9.84 Å². The Hall–Kier alpha value is -0.750. The van der Waals surface area contributed by atoms with E-state index in [1.54, 1.807) is 0 Å². The number of piperazine rings is 1. The van der Waals surface area contributed by atoms with Crippen LogP contribution in [0.1, 0.15) is 31.7 Å². The molecule has 0 amide bonds. The fourth-order valence-corrected chi connectivity index (χ4v) is 5.16. The van der Waals surface area contributed by atoms with Crippen LogP contribution in [0.2, 0.25) is 0 Å². The zero-order valence-corrected chi connectivity index (χ0v) is 16.2. The van der Waals surface area contributed by atoms with Gasteiger partial charge in [0.15, 0.2) is 0 Å². The average molecular weight is 365 g/mol. The predicted octanol–water partition coefficient (Wildman–Crippen LogP) is 2.85.